The highest BCUT2D eigenvalue weighted by molar-refractivity contribution is 7.89. The molecule has 7 heteroatoms. The fourth-order valence-electron chi connectivity index (χ4n) is 1.95. The van der Waals surface area contributed by atoms with Gasteiger partial charge in [-0.2, -0.15) is 9.57 Å². The lowest BCUT2D eigenvalue weighted by molar-refractivity contribution is 0.396. The molecule has 2 rings (SSSR count). The molecule has 0 aliphatic carbocycles. The Morgan fingerprint density at radius 3 is 2.72 bits per heavy atom. The van der Waals surface area contributed by atoms with Crippen molar-refractivity contribution in [2.75, 3.05) is 6.54 Å². The fourth-order valence-corrected chi connectivity index (χ4v) is 3.84. The summed E-state index contributed by atoms with van der Waals surface area (Å²) in [5.74, 6) is 0. The van der Waals surface area contributed by atoms with Crippen molar-refractivity contribution in [3.63, 3.8) is 0 Å². The van der Waals surface area contributed by atoms with Crippen LogP contribution in [0, 0.1) is 11.3 Å². The Hall–Kier alpha value is -1.13. The van der Waals surface area contributed by atoms with Crippen LogP contribution < -0.4 is 5.73 Å². The molecule has 5 nitrogen and oxygen atoms in total. The number of sulfonamides is 1. The van der Waals surface area contributed by atoms with Crippen LogP contribution in [0.4, 0.5) is 0 Å². The van der Waals surface area contributed by atoms with Crippen molar-refractivity contribution >= 4 is 21.6 Å². The molecule has 1 aliphatic heterocycles. The van der Waals surface area contributed by atoms with E-state index in [1.807, 2.05) is 6.07 Å². The van der Waals surface area contributed by atoms with E-state index < -0.39 is 16.2 Å². The van der Waals surface area contributed by atoms with Crippen LogP contribution in [0.3, 0.4) is 0 Å². The molecule has 1 saturated heterocycles. The number of hydrogen-bond acceptors (Lipinski definition) is 4. The molecule has 1 fully saturated rings. The lowest BCUT2D eigenvalue weighted by atomic mass is 10.2. The second kappa shape index (κ2) is 4.86. The quantitative estimate of drug-likeness (QED) is 0.887. The van der Waals surface area contributed by atoms with Gasteiger partial charge in [0.25, 0.3) is 0 Å². The molecule has 1 aromatic rings. The maximum absolute atomic E-state index is 12.3. The first kappa shape index (κ1) is 13.3. The summed E-state index contributed by atoms with van der Waals surface area (Å²) in [5, 5.41) is 8.88. The van der Waals surface area contributed by atoms with Crippen LogP contribution in [0.5, 0.6) is 0 Å². The summed E-state index contributed by atoms with van der Waals surface area (Å²) in [6.45, 7) is 0.418. The minimum absolute atomic E-state index is 0.0730. The van der Waals surface area contributed by atoms with Gasteiger partial charge in [-0.05, 0) is 31.0 Å². The topological polar surface area (TPSA) is 87.2 Å². The number of rotatable bonds is 2. The summed E-state index contributed by atoms with van der Waals surface area (Å²) in [7, 11) is -3.62. The van der Waals surface area contributed by atoms with Gasteiger partial charge in [-0.25, -0.2) is 8.42 Å². The maximum Gasteiger partial charge on any atom is 0.244 e. The molecule has 1 aliphatic rings. The molecule has 2 N–H and O–H groups in total. The Labute approximate surface area is 111 Å². The highest BCUT2D eigenvalue weighted by atomic mass is 35.5. The molecule has 0 amide bonds. The zero-order valence-corrected chi connectivity index (χ0v) is 11.1. The van der Waals surface area contributed by atoms with Gasteiger partial charge in [-0.3, -0.25) is 0 Å². The second-order valence-electron chi connectivity index (χ2n) is 4.08. The largest absolute Gasteiger partial charge is 0.315 e. The van der Waals surface area contributed by atoms with E-state index in [9.17, 15) is 8.42 Å². The lowest BCUT2D eigenvalue weighted by Gasteiger charge is -2.20. The normalized spacial score (nSPS) is 20.8. The van der Waals surface area contributed by atoms with Gasteiger partial charge in [0.1, 0.15) is 6.07 Å². The molecule has 0 saturated carbocycles. The third-order valence-corrected chi connectivity index (χ3v) is 5.15. The zero-order valence-electron chi connectivity index (χ0n) is 9.51. The van der Waals surface area contributed by atoms with Crippen molar-refractivity contribution in [3.05, 3.63) is 28.8 Å². The predicted octanol–water partition coefficient (Wildman–Crippen LogP) is 1.28. The van der Waals surface area contributed by atoms with E-state index in [4.69, 9.17) is 22.6 Å². The van der Waals surface area contributed by atoms with E-state index in [2.05, 4.69) is 0 Å². The number of halogens is 1. The summed E-state index contributed by atoms with van der Waals surface area (Å²) in [6.07, 6.45) is 0.928. The molecule has 0 bridgehead atoms. The van der Waals surface area contributed by atoms with Crippen molar-refractivity contribution in [1.29, 1.82) is 5.26 Å². The van der Waals surface area contributed by atoms with Crippen molar-refractivity contribution in [1.82, 2.24) is 4.31 Å². The molecule has 0 aromatic heterocycles. The van der Waals surface area contributed by atoms with Crippen LogP contribution in [0.25, 0.3) is 0 Å². The van der Waals surface area contributed by atoms with Gasteiger partial charge < -0.3 is 5.73 Å². The van der Waals surface area contributed by atoms with E-state index in [0.717, 1.165) is 6.42 Å². The Bertz CT molecular complexity index is 609. The van der Waals surface area contributed by atoms with Crippen molar-refractivity contribution in [2.24, 2.45) is 5.73 Å². The van der Waals surface area contributed by atoms with Crippen molar-refractivity contribution in [2.45, 2.75) is 23.9 Å². The smallest absolute Gasteiger partial charge is 0.244 e. The first-order valence-electron chi connectivity index (χ1n) is 5.44. The molecule has 18 heavy (non-hydrogen) atoms. The zero-order chi connectivity index (χ0) is 13.3. The molecule has 1 unspecified atom stereocenters. The Morgan fingerprint density at radius 1 is 1.50 bits per heavy atom. The van der Waals surface area contributed by atoms with Gasteiger partial charge in [-0.1, -0.05) is 11.6 Å². The minimum Gasteiger partial charge on any atom is -0.315 e. The third kappa shape index (κ3) is 2.22. The number of hydrogen-bond donors (Lipinski definition) is 1. The number of nitrogens with zero attached hydrogens (tertiary/aromatic N) is 2. The van der Waals surface area contributed by atoms with Crippen molar-refractivity contribution in [3.8, 4) is 6.07 Å². The molecular formula is C11H12ClN3O2S. The van der Waals surface area contributed by atoms with Gasteiger partial charge in [0.05, 0.1) is 21.6 Å². The first-order chi connectivity index (χ1) is 8.46. The highest BCUT2D eigenvalue weighted by Gasteiger charge is 2.33. The maximum atomic E-state index is 12.3. The predicted molar refractivity (Wildman–Crippen MR) is 67.3 cm³/mol. The number of nitriles is 1. The summed E-state index contributed by atoms with van der Waals surface area (Å²) in [5.41, 5.74) is 6.01. The summed E-state index contributed by atoms with van der Waals surface area (Å²) in [4.78, 5) is 0.0730. The molecule has 1 heterocycles. The van der Waals surface area contributed by atoms with E-state index >= 15 is 0 Å². The lowest BCUT2D eigenvalue weighted by Crippen LogP contribution is -2.40. The molecule has 0 spiro atoms. The fraction of sp³-hybridized carbons (Fsp3) is 0.364. The average Bonchev–Trinajstić information content (AvgIpc) is 2.76. The second-order valence-corrected chi connectivity index (χ2v) is 6.38. The highest BCUT2D eigenvalue weighted by Crippen LogP contribution is 2.26. The number of nitrogens with two attached hydrogens (primary N) is 1. The van der Waals surface area contributed by atoms with Crippen LogP contribution in [0.1, 0.15) is 18.4 Å². The van der Waals surface area contributed by atoms with E-state index in [1.54, 1.807) is 0 Å². The van der Waals surface area contributed by atoms with Gasteiger partial charge >= 0.3 is 0 Å². The van der Waals surface area contributed by atoms with Crippen LogP contribution >= 0.6 is 11.6 Å². The summed E-state index contributed by atoms with van der Waals surface area (Å²) in [6, 6.07) is 5.96. The third-order valence-electron chi connectivity index (χ3n) is 2.92. The molecule has 0 radical (unpaired) electrons. The Balaban J connectivity index is 2.42. The van der Waals surface area contributed by atoms with Crippen LogP contribution in [-0.4, -0.2) is 25.4 Å². The summed E-state index contributed by atoms with van der Waals surface area (Å²) >= 11 is 5.84. The monoisotopic (exact) mass is 285 g/mol. The first-order valence-corrected chi connectivity index (χ1v) is 7.25. The van der Waals surface area contributed by atoms with Gasteiger partial charge in [0.15, 0.2) is 0 Å². The van der Waals surface area contributed by atoms with Gasteiger partial charge in [0.2, 0.25) is 10.0 Å². The van der Waals surface area contributed by atoms with E-state index in [0.29, 0.717) is 13.0 Å². The summed E-state index contributed by atoms with van der Waals surface area (Å²) < 4.78 is 25.9. The number of benzene rings is 1. The average molecular weight is 286 g/mol. The standard InChI is InChI=1S/C11H12ClN3O2S/c12-10-6-9(4-3-8(10)7-13)18(16,17)15-5-1-2-11(15)14/h3-4,6,11H,1-2,5,14H2. The molecule has 96 valence electrons. The molecule has 1 atom stereocenters. The SMILES string of the molecule is N#Cc1ccc(S(=O)(=O)N2CCCC2N)cc1Cl. The minimum atomic E-state index is -3.62. The van der Waals surface area contributed by atoms with E-state index in [-0.39, 0.29) is 15.5 Å². The Kier molecular flexibility index (Phi) is 3.59. The Morgan fingerprint density at radius 2 is 2.22 bits per heavy atom. The van der Waals surface area contributed by atoms with Crippen LogP contribution in [0.2, 0.25) is 5.02 Å². The van der Waals surface area contributed by atoms with Crippen LogP contribution in [0.15, 0.2) is 23.1 Å². The molecular weight excluding hydrogens is 274 g/mol. The van der Waals surface area contributed by atoms with Gasteiger partial charge in [-0.15, -0.1) is 0 Å². The van der Waals surface area contributed by atoms with Crippen molar-refractivity contribution < 1.29 is 8.42 Å². The van der Waals surface area contributed by atoms with Crippen LogP contribution in [-0.2, 0) is 10.0 Å². The van der Waals surface area contributed by atoms with Gasteiger partial charge in [0, 0.05) is 6.54 Å². The molecule has 1 aromatic carbocycles. The van der Waals surface area contributed by atoms with E-state index in [1.165, 1.54) is 22.5 Å².